The van der Waals surface area contributed by atoms with Crippen molar-refractivity contribution in [2.24, 2.45) is 0 Å². The van der Waals surface area contributed by atoms with Gasteiger partial charge in [-0.25, -0.2) is 0 Å². The summed E-state index contributed by atoms with van der Waals surface area (Å²) in [5.74, 6) is -0.525. The average Bonchev–Trinajstić information content (AvgIpc) is 3.62. The summed E-state index contributed by atoms with van der Waals surface area (Å²) in [6.07, 6.45) is 82.4. The van der Waals surface area contributed by atoms with E-state index in [0.29, 0.717) is 17.4 Å². The highest BCUT2D eigenvalue weighted by atomic mass is 31.2. The number of phosphoric ester groups is 1. The lowest BCUT2D eigenvalue weighted by Gasteiger charge is -2.30. The largest absolute Gasteiger partial charge is 0.756 e. The van der Waals surface area contributed by atoms with E-state index in [1.165, 1.54) is 270 Å². The monoisotopic (exact) mass is 1220 g/mol. The van der Waals surface area contributed by atoms with Gasteiger partial charge >= 0.3 is 5.97 Å². The number of carbonyl (C=O) groups is 2. The van der Waals surface area contributed by atoms with Crippen molar-refractivity contribution in [2.75, 3.05) is 40.9 Å². The number of hydrogen-bond donors (Lipinski definition) is 1. The van der Waals surface area contributed by atoms with Crippen molar-refractivity contribution in [1.29, 1.82) is 0 Å². The van der Waals surface area contributed by atoms with Crippen molar-refractivity contribution in [2.45, 2.75) is 380 Å². The molecule has 0 fully saturated rings. The summed E-state index contributed by atoms with van der Waals surface area (Å²) in [6.45, 7) is 6.87. The lowest BCUT2D eigenvalue weighted by atomic mass is 10.0. The van der Waals surface area contributed by atoms with Crippen LogP contribution in [0.15, 0.2) is 48.6 Å². The topological polar surface area (TPSA) is 114 Å². The summed E-state index contributed by atoms with van der Waals surface area (Å²) in [5, 5.41) is 3.05. The molecule has 0 saturated carbocycles. The lowest BCUT2D eigenvalue weighted by Crippen LogP contribution is -2.47. The van der Waals surface area contributed by atoms with Crippen molar-refractivity contribution in [3.8, 4) is 0 Å². The molecular formula is C75H143N2O7P. The van der Waals surface area contributed by atoms with E-state index in [0.717, 1.165) is 64.2 Å². The SMILES string of the molecule is CCCCC/C=C\C/C=C\CCCCCCCCCCCCCCCC(=O)OC(/C=C/CCCCCCCCCCC)C(COP(=O)([O-])OCC[N+](C)(C)C)NC(=O)CCCCCCCCCCCCCCCCC/C=C/CCCCCCCC. The first kappa shape index (κ1) is 83.0. The zero-order valence-corrected chi connectivity index (χ0v) is 58.2. The van der Waals surface area contributed by atoms with Crippen LogP contribution in [-0.2, 0) is 27.9 Å². The van der Waals surface area contributed by atoms with Gasteiger partial charge in [0.15, 0.2) is 0 Å². The van der Waals surface area contributed by atoms with Crippen LogP contribution in [0.2, 0.25) is 0 Å². The van der Waals surface area contributed by atoms with Crippen molar-refractivity contribution < 1.29 is 37.3 Å². The van der Waals surface area contributed by atoms with Crippen LogP contribution in [0.5, 0.6) is 0 Å². The Bertz CT molecular complexity index is 1590. The van der Waals surface area contributed by atoms with E-state index in [9.17, 15) is 19.0 Å². The summed E-state index contributed by atoms with van der Waals surface area (Å²) in [7, 11) is 1.20. The van der Waals surface area contributed by atoms with Crippen molar-refractivity contribution in [3.63, 3.8) is 0 Å². The molecule has 3 atom stereocenters. The van der Waals surface area contributed by atoms with Gasteiger partial charge in [-0.3, -0.25) is 14.2 Å². The summed E-state index contributed by atoms with van der Waals surface area (Å²) >= 11 is 0. The lowest BCUT2D eigenvalue weighted by molar-refractivity contribution is -0.870. The van der Waals surface area contributed by atoms with Gasteiger partial charge in [0, 0.05) is 12.8 Å². The fourth-order valence-electron chi connectivity index (χ4n) is 11.0. The smallest absolute Gasteiger partial charge is 0.306 e. The summed E-state index contributed by atoms with van der Waals surface area (Å²) in [6, 6.07) is -0.887. The third-order valence-corrected chi connectivity index (χ3v) is 17.7. The van der Waals surface area contributed by atoms with Crippen LogP contribution in [0, 0.1) is 0 Å². The Morgan fingerprint density at radius 1 is 0.412 bits per heavy atom. The van der Waals surface area contributed by atoms with Crippen molar-refractivity contribution >= 4 is 19.7 Å². The van der Waals surface area contributed by atoms with Crippen LogP contribution in [-0.4, -0.2) is 69.4 Å². The second kappa shape index (κ2) is 64.9. The van der Waals surface area contributed by atoms with Crippen LogP contribution in [0.4, 0.5) is 0 Å². The van der Waals surface area contributed by atoms with Gasteiger partial charge in [0.05, 0.1) is 33.8 Å². The molecule has 0 aliphatic rings. The molecule has 500 valence electrons. The number of nitrogens with one attached hydrogen (secondary N) is 1. The van der Waals surface area contributed by atoms with Gasteiger partial charge in [-0.05, 0) is 89.5 Å². The molecule has 0 rings (SSSR count). The molecule has 1 amide bonds. The van der Waals surface area contributed by atoms with Gasteiger partial charge in [-0.1, -0.05) is 314 Å². The van der Waals surface area contributed by atoms with Crippen LogP contribution in [0.25, 0.3) is 0 Å². The molecule has 85 heavy (non-hydrogen) atoms. The Labute approximate surface area is 529 Å². The van der Waals surface area contributed by atoms with E-state index in [4.69, 9.17) is 13.8 Å². The number of amides is 1. The van der Waals surface area contributed by atoms with Gasteiger partial charge in [0.1, 0.15) is 19.3 Å². The quantitative estimate of drug-likeness (QED) is 0.0212. The molecule has 0 aliphatic carbocycles. The van der Waals surface area contributed by atoms with Crippen LogP contribution in [0.1, 0.15) is 367 Å². The Balaban J connectivity index is 4.95. The number of esters is 1. The predicted octanol–water partition coefficient (Wildman–Crippen LogP) is 22.9. The minimum Gasteiger partial charge on any atom is -0.756 e. The molecule has 0 heterocycles. The number of unbranched alkanes of at least 4 members (excludes halogenated alkanes) is 46. The number of hydrogen-bond acceptors (Lipinski definition) is 7. The molecule has 0 aliphatic heterocycles. The fourth-order valence-corrected chi connectivity index (χ4v) is 11.7. The second-order valence-electron chi connectivity index (χ2n) is 26.4. The molecule has 0 radical (unpaired) electrons. The zero-order chi connectivity index (χ0) is 62.1. The zero-order valence-electron chi connectivity index (χ0n) is 57.3. The van der Waals surface area contributed by atoms with Crippen LogP contribution >= 0.6 is 7.82 Å². The van der Waals surface area contributed by atoms with E-state index in [1.54, 1.807) is 0 Å². The Kier molecular flexibility index (Phi) is 63.4. The van der Waals surface area contributed by atoms with Gasteiger partial charge in [-0.15, -0.1) is 0 Å². The maximum Gasteiger partial charge on any atom is 0.306 e. The standard InChI is InChI=1S/C75H143N2O7P/c1-7-10-13-16-19-22-25-27-29-31-33-35-37-38-40-41-43-45-47-49-52-55-58-61-64-67-74(78)76-72(71-83-85(80,81)82-70-69-77(4,5)6)73(66-63-60-57-54-51-24-21-18-15-12-9-3)84-75(79)68-65-62-59-56-53-50-48-46-44-42-39-36-34-32-30-28-26-23-20-17-14-11-8-2/h20,23,27-30,63,66,72-73H,7-19,21-22,24-26,31-62,64-65,67-71H2,1-6H3,(H-,76,78,80,81)/b23-20-,29-27+,30-28-,66-63+. The number of rotatable bonds is 68. The van der Waals surface area contributed by atoms with E-state index < -0.39 is 20.0 Å². The average molecular weight is 1220 g/mol. The van der Waals surface area contributed by atoms with Crippen molar-refractivity contribution in [3.05, 3.63) is 48.6 Å². The van der Waals surface area contributed by atoms with Crippen molar-refractivity contribution in [1.82, 2.24) is 5.32 Å². The fraction of sp³-hybridized carbons (Fsp3) is 0.867. The number of phosphoric acid groups is 1. The highest BCUT2D eigenvalue weighted by Gasteiger charge is 2.27. The maximum atomic E-state index is 13.6. The molecule has 0 aromatic rings. The van der Waals surface area contributed by atoms with Gasteiger partial charge in [-0.2, -0.15) is 0 Å². The first-order chi connectivity index (χ1) is 41.4. The summed E-state index contributed by atoms with van der Waals surface area (Å²) in [4.78, 5) is 40.2. The number of likely N-dealkylation sites (N-methyl/N-ethyl adjacent to an activating group) is 1. The Hall–Kier alpha value is -2.03. The third kappa shape index (κ3) is 66.2. The number of nitrogens with zero attached hydrogens (tertiary/aromatic N) is 1. The van der Waals surface area contributed by atoms with E-state index in [2.05, 4.69) is 62.5 Å². The molecule has 0 saturated heterocycles. The molecule has 10 heteroatoms. The Morgan fingerprint density at radius 2 is 0.718 bits per heavy atom. The summed E-state index contributed by atoms with van der Waals surface area (Å²) in [5.41, 5.74) is 0. The summed E-state index contributed by atoms with van der Waals surface area (Å²) < 4.78 is 30.5. The number of carbonyl (C=O) groups excluding carboxylic acids is 2. The molecule has 0 aromatic heterocycles. The van der Waals surface area contributed by atoms with E-state index in [-0.39, 0.29) is 31.5 Å². The number of quaternary nitrogens is 1. The van der Waals surface area contributed by atoms with Gasteiger partial charge in [0.2, 0.25) is 5.91 Å². The molecule has 3 unspecified atom stereocenters. The molecule has 0 bridgehead atoms. The van der Waals surface area contributed by atoms with Crippen LogP contribution in [0.3, 0.4) is 0 Å². The van der Waals surface area contributed by atoms with Gasteiger partial charge in [0.25, 0.3) is 7.82 Å². The van der Waals surface area contributed by atoms with E-state index in [1.807, 2.05) is 33.3 Å². The highest BCUT2D eigenvalue weighted by Crippen LogP contribution is 2.38. The van der Waals surface area contributed by atoms with E-state index >= 15 is 0 Å². The number of allylic oxidation sites excluding steroid dienone is 7. The molecule has 0 spiro atoms. The number of ether oxygens (including phenoxy) is 1. The molecule has 9 nitrogen and oxygen atoms in total. The first-order valence-corrected chi connectivity index (χ1v) is 38.4. The maximum absolute atomic E-state index is 13.6. The molecule has 0 aromatic carbocycles. The molecule has 1 N–H and O–H groups in total. The second-order valence-corrected chi connectivity index (χ2v) is 27.9. The minimum absolute atomic E-state index is 0.0206. The Morgan fingerprint density at radius 3 is 1.09 bits per heavy atom. The first-order valence-electron chi connectivity index (χ1n) is 36.9. The molecular weight excluding hydrogens is 1070 g/mol. The highest BCUT2D eigenvalue weighted by molar-refractivity contribution is 7.45. The van der Waals surface area contributed by atoms with Gasteiger partial charge < -0.3 is 28.5 Å². The normalized spacial score (nSPS) is 13.7. The predicted molar refractivity (Wildman–Crippen MR) is 367 cm³/mol. The minimum atomic E-state index is -4.70. The van der Waals surface area contributed by atoms with Crippen LogP contribution < -0.4 is 10.2 Å². The third-order valence-electron chi connectivity index (χ3n) is 16.7.